The van der Waals surface area contributed by atoms with Crippen molar-refractivity contribution in [2.45, 2.75) is 32.1 Å². The predicted molar refractivity (Wildman–Crippen MR) is 91.6 cm³/mol. The molecule has 0 bridgehead atoms. The number of nitrogens with zero attached hydrogens (tertiary/aromatic N) is 2. The van der Waals surface area contributed by atoms with Gasteiger partial charge in [-0.05, 0) is 55.5 Å². The van der Waals surface area contributed by atoms with Crippen LogP contribution in [0, 0.1) is 0 Å². The fourth-order valence-electron chi connectivity index (χ4n) is 2.54. The van der Waals surface area contributed by atoms with Crippen molar-refractivity contribution in [3.05, 3.63) is 52.3 Å². The molecule has 1 atom stereocenters. The van der Waals surface area contributed by atoms with Crippen LogP contribution in [0.25, 0.3) is 0 Å². The van der Waals surface area contributed by atoms with E-state index >= 15 is 0 Å². The van der Waals surface area contributed by atoms with Gasteiger partial charge in [-0.3, -0.25) is 4.68 Å². The van der Waals surface area contributed by atoms with E-state index < -0.39 is 0 Å². The summed E-state index contributed by atoms with van der Waals surface area (Å²) in [5.74, 6) is 0.541. The first kappa shape index (κ1) is 16.2. The van der Waals surface area contributed by atoms with Crippen molar-refractivity contribution in [1.82, 2.24) is 15.1 Å². The van der Waals surface area contributed by atoms with Crippen LogP contribution in [-0.4, -0.2) is 22.9 Å². The molecule has 0 radical (unpaired) electrons. The van der Waals surface area contributed by atoms with Crippen molar-refractivity contribution < 1.29 is 0 Å². The third kappa shape index (κ3) is 4.97. The van der Waals surface area contributed by atoms with Crippen LogP contribution in [0.4, 0.5) is 0 Å². The second kappa shape index (κ2) is 8.35. The van der Waals surface area contributed by atoms with Gasteiger partial charge in [-0.15, -0.1) is 0 Å². The molecule has 1 unspecified atom stereocenters. The first-order valence-electron chi connectivity index (χ1n) is 7.63. The van der Waals surface area contributed by atoms with E-state index in [9.17, 15) is 0 Å². The molecule has 0 fully saturated rings. The molecule has 0 aliphatic heterocycles. The van der Waals surface area contributed by atoms with E-state index in [1.807, 2.05) is 17.9 Å². The summed E-state index contributed by atoms with van der Waals surface area (Å²) < 4.78 is 3.11. The summed E-state index contributed by atoms with van der Waals surface area (Å²) in [6, 6.07) is 10.8. The van der Waals surface area contributed by atoms with E-state index in [-0.39, 0.29) is 0 Å². The highest BCUT2D eigenvalue weighted by atomic mass is 79.9. The summed E-state index contributed by atoms with van der Waals surface area (Å²) >= 11 is 3.51. The number of halogens is 1. The van der Waals surface area contributed by atoms with Gasteiger partial charge in [-0.1, -0.05) is 35.0 Å². The fraction of sp³-hybridized carbons (Fsp3) is 0.471. The lowest BCUT2D eigenvalue weighted by molar-refractivity contribution is 0.538. The molecule has 0 saturated heterocycles. The highest BCUT2D eigenvalue weighted by Gasteiger charge is 2.12. The Morgan fingerprint density at radius 2 is 2.00 bits per heavy atom. The maximum absolute atomic E-state index is 4.25. The molecule has 0 amide bonds. The SMILES string of the molecule is CCCNCC(CCc1ccnn1C)c1ccc(Br)cc1. The lowest BCUT2D eigenvalue weighted by Crippen LogP contribution is -2.23. The zero-order valence-electron chi connectivity index (χ0n) is 12.8. The molecule has 3 nitrogen and oxygen atoms in total. The number of aryl methyl sites for hydroxylation is 2. The summed E-state index contributed by atoms with van der Waals surface area (Å²) in [5.41, 5.74) is 2.71. The lowest BCUT2D eigenvalue weighted by Gasteiger charge is -2.18. The molecule has 21 heavy (non-hydrogen) atoms. The Balaban J connectivity index is 2.01. The molecule has 2 aromatic rings. The second-order valence-corrected chi connectivity index (χ2v) is 6.35. The van der Waals surface area contributed by atoms with Crippen molar-refractivity contribution >= 4 is 15.9 Å². The summed E-state index contributed by atoms with van der Waals surface area (Å²) in [4.78, 5) is 0. The molecule has 1 heterocycles. The molecule has 0 aliphatic rings. The lowest BCUT2D eigenvalue weighted by atomic mass is 9.93. The molecule has 0 aliphatic carbocycles. The van der Waals surface area contributed by atoms with Crippen molar-refractivity contribution in [3.8, 4) is 0 Å². The zero-order valence-corrected chi connectivity index (χ0v) is 14.4. The van der Waals surface area contributed by atoms with Crippen LogP contribution in [-0.2, 0) is 13.5 Å². The minimum Gasteiger partial charge on any atom is -0.316 e. The van der Waals surface area contributed by atoms with Gasteiger partial charge in [0.25, 0.3) is 0 Å². The molecule has 114 valence electrons. The normalized spacial score (nSPS) is 12.5. The van der Waals surface area contributed by atoms with Gasteiger partial charge in [0.1, 0.15) is 0 Å². The molecule has 1 aromatic carbocycles. The van der Waals surface area contributed by atoms with Crippen LogP contribution in [0.2, 0.25) is 0 Å². The summed E-state index contributed by atoms with van der Waals surface area (Å²) in [7, 11) is 2.01. The number of nitrogens with one attached hydrogen (secondary N) is 1. The van der Waals surface area contributed by atoms with Gasteiger partial charge in [0, 0.05) is 30.0 Å². The summed E-state index contributed by atoms with van der Waals surface area (Å²) in [5, 5.41) is 7.81. The Labute approximate surface area is 135 Å². The van der Waals surface area contributed by atoms with E-state index in [1.54, 1.807) is 0 Å². The smallest absolute Gasteiger partial charge is 0.0492 e. The molecular formula is C17H24BrN3. The maximum Gasteiger partial charge on any atom is 0.0492 e. The van der Waals surface area contributed by atoms with Crippen molar-refractivity contribution in [2.24, 2.45) is 7.05 Å². The first-order valence-corrected chi connectivity index (χ1v) is 8.43. The van der Waals surface area contributed by atoms with Crippen molar-refractivity contribution in [1.29, 1.82) is 0 Å². The summed E-state index contributed by atoms with van der Waals surface area (Å²) in [6.07, 6.45) is 5.25. The number of hydrogen-bond donors (Lipinski definition) is 1. The largest absolute Gasteiger partial charge is 0.316 e. The molecule has 0 saturated carbocycles. The van der Waals surface area contributed by atoms with Crippen LogP contribution in [0.5, 0.6) is 0 Å². The van der Waals surface area contributed by atoms with Crippen molar-refractivity contribution in [3.63, 3.8) is 0 Å². The van der Waals surface area contributed by atoms with E-state index in [0.717, 1.165) is 30.4 Å². The molecule has 1 aromatic heterocycles. The Bertz CT molecular complexity index is 533. The van der Waals surface area contributed by atoms with E-state index in [4.69, 9.17) is 0 Å². The van der Waals surface area contributed by atoms with Gasteiger partial charge in [0.15, 0.2) is 0 Å². The zero-order chi connectivity index (χ0) is 15.1. The van der Waals surface area contributed by atoms with E-state index in [2.05, 4.69) is 63.6 Å². The summed E-state index contributed by atoms with van der Waals surface area (Å²) in [6.45, 7) is 4.32. The molecule has 1 N–H and O–H groups in total. The second-order valence-electron chi connectivity index (χ2n) is 5.44. The minimum absolute atomic E-state index is 0.541. The Morgan fingerprint density at radius 3 is 2.62 bits per heavy atom. The Hall–Kier alpha value is -1.13. The van der Waals surface area contributed by atoms with Crippen molar-refractivity contribution in [2.75, 3.05) is 13.1 Å². The Kier molecular flexibility index (Phi) is 6.46. The number of hydrogen-bond acceptors (Lipinski definition) is 2. The number of aromatic nitrogens is 2. The molecule has 2 rings (SSSR count). The predicted octanol–water partition coefficient (Wildman–Crippen LogP) is 3.90. The minimum atomic E-state index is 0.541. The van der Waals surface area contributed by atoms with Gasteiger partial charge in [-0.2, -0.15) is 5.10 Å². The van der Waals surface area contributed by atoms with Gasteiger partial charge in [-0.25, -0.2) is 0 Å². The van der Waals surface area contributed by atoms with Gasteiger partial charge in [0.2, 0.25) is 0 Å². The molecular weight excluding hydrogens is 326 g/mol. The number of rotatable bonds is 8. The van der Waals surface area contributed by atoms with Crippen LogP contribution in [0.1, 0.15) is 36.9 Å². The average Bonchev–Trinajstić information content (AvgIpc) is 2.89. The van der Waals surface area contributed by atoms with Crippen LogP contribution >= 0.6 is 15.9 Å². The van der Waals surface area contributed by atoms with Gasteiger partial charge < -0.3 is 5.32 Å². The highest BCUT2D eigenvalue weighted by Crippen LogP contribution is 2.23. The Morgan fingerprint density at radius 1 is 1.24 bits per heavy atom. The van der Waals surface area contributed by atoms with Crippen LogP contribution in [0.15, 0.2) is 41.0 Å². The number of benzene rings is 1. The topological polar surface area (TPSA) is 29.9 Å². The maximum atomic E-state index is 4.25. The fourth-order valence-corrected chi connectivity index (χ4v) is 2.81. The third-order valence-corrected chi connectivity index (χ3v) is 4.36. The van der Waals surface area contributed by atoms with Gasteiger partial charge in [0.05, 0.1) is 0 Å². The van der Waals surface area contributed by atoms with Gasteiger partial charge >= 0.3 is 0 Å². The monoisotopic (exact) mass is 349 g/mol. The van der Waals surface area contributed by atoms with Crippen LogP contribution < -0.4 is 5.32 Å². The molecule has 0 spiro atoms. The van der Waals surface area contributed by atoms with E-state index in [1.165, 1.54) is 17.7 Å². The first-order chi connectivity index (χ1) is 10.2. The van der Waals surface area contributed by atoms with Crippen LogP contribution in [0.3, 0.4) is 0 Å². The average molecular weight is 350 g/mol. The molecule has 4 heteroatoms. The van der Waals surface area contributed by atoms with E-state index in [0.29, 0.717) is 5.92 Å². The quantitative estimate of drug-likeness (QED) is 0.732. The standard InChI is InChI=1S/C17H24BrN3/c1-3-11-19-13-15(14-4-7-16(18)8-5-14)6-9-17-10-12-20-21(17)2/h4-5,7-8,10,12,15,19H,3,6,9,11,13H2,1-2H3. The third-order valence-electron chi connectivity index (χ3n) is 3.83. The highest BCUT2D eigenvalue weighted by molar-refractivity contribution is 9.10.